The van der Waals surface area contributed by atoms with Crippen molar-refractivity contribution in [2.45, 2.75) is 18.9 Å². The molecule has 1 aliphatic rings. The summed E-state index contributed by atoms with van der Waals surface area (Å²) in [6.45, 7) is 1.28. The van der Waals surface area contributed by atoms with Gasteiger partial charge in [0.1, 0.15) is 18.1 Å². The normalized spacial score (nSPS) is 16.5. The Labute approximate surface area is 155 Å². The van der Waals surface area contributed by atoms with E-state index in [2.05, 4.69) is 21.2 Å². The topological polar surface area (TPSA) is 56.8 Å². The van der Waals surface area contributed by atoms with Crippen LogP contribution in [0.15, 0.2) is 46.9 Å². The monoisotopic (exact) mass is 405 g/mol. The van der Waals surface area contributed by atoms with Crippen molar-refractivity contribution in [2.75, 3.05) is 25.6 Å². The minimum absolute atomic E-state index is 0.126. The maximum Gasteiger partial charge on any atom is 0.255 e. The Morgan fingerprint density at radius 2 is 2.12 bits per heavy atom. The Balaban J connectivity index is 1.69. The van der Waals surface area contributed by atoms with Gasteiger partial charge in [-0.15, -0.1) is 0 Å². The molecule has 6 heteroatoms. The Hall–Kier alpha value is -2.05. The molecule has 0 radical (unpaired) electrons. The van der Waals surface area contributed by atoms with Crippen LogP contribution in [0.5, 0.6) is 11.5 Å². The number of ether oxygens (including phenoxy) is 3. The molecule has 1 atom stereocenters. The van der Waals surface area contributed by atoms with Crippen molar-refractivity contribution in [2.24, 2.45) is 0 Å². The summed E-state index contributed by atoms with van der Waals surface area (Å²) in [4.78, 5) is 12.5. The minimum Gasteiger partial charge on any atom is -0.496 e. The molecule has 1 aliphatic heterocycles. The van der Waals surface area contributed by atoms with Crippen molar-refractivity contribution in [3.05, 3.63) is 52.5 Å². The van der Waals surface area contributed by atoms with E-state index in [0.29, 0.717) is 29.4 Å². The van der Waals surface area contributed by atoms with Gasteiger partial charge in [0.15, 0.2) is 0 Å². The van der Waals surface area contributed by atoms with E-state index < -0.39 is 0 Å². The Kier molecular flexibility index (Phi) is 5.94. The summed E-state index contributed by atoms with van der Waals surface area (Å²) in [7, 11) is 1.58. The van der Waals surface area contributed by atoms with E-state index in [9.17, 15) is 4.79 Å². The highest BCUT2D eigenvalue weighted by atomic mass is 79.9. The largest absolute Gasteiger partial charge is 0.496 e. The van der Waals surface area contributed by atoms with Crippen molar-refractivity contribution in [1.29, 1.82) is 0 Å². The molecule has 132 valence electrons. The van der Waals surface area contributed by atoms with Crippen LogP contribution in [-0.2, 0) is 4.74 Å². The van der Waals surface area contributed by atoms with E-state index in [-0.39, 0.29) is 12.0 Å². The first kappa shape index (κ1) is 17.8. The maximum atomic E-state index is 12.5. The van der Waals surface area contributed by atoms with Gasteiger partial charge in [0.25, 0.3) is 5.91 Å². The molecule has 0 aromatic heterocycles. The summed E-state index contributed by atoms with van der Waals surface area (Å²) in [6.07, 6.45) is 2.20. The highest BCUT2D eigenvalue weighted by Gasteiger charge is 2.17. The predicted molar refractivity (Wildman–Crippen MR) is 99.6 cm³/mol. The fourth-order valence-electron chi connectivity index (χ4n) is 2.66. The van der Waals surface area contributed by atoms with Crippen molar-refractivity contribution in [3.8, 4) is 11.5 Å². The number of methoxy groups -OCH3 is 1. The lowest BCUT2D eigenvalue weighted by Crippen LogP contribution is -2.18. The highest BCUT2D eigenvalue weighted by Crippen LogP contribution is 2.28. The van der Waals surface area contributed by atoms with Crippen molar-refractivity contribution >= 4 is 27.5 Å². The van der Waals surface area contributed by atoms with E-state index in [1.165, 1.54) is 0 Å². The number of anilines is 1. The summed E-state index contributed by atoms with van der Waals surface area (Å²) < 4.78 is 17.3. The van der Waals surface area contributed by atoms with Crippen LogP contribution in [0.25, 0.3) is 0 Å². The van der Waals surface area contributed by atoms with Crippen LogP contribution in [0.3, 0.4) is 0 Å². The summed E-state index contributed by atoms with van der Waals surface area (Å²) in [5.41, 5.74) is 1.17. The van der Waals surface area contributed by atoms with E-state index in [4.69, 9.17) is 14.2 Å². The van der Waals surface area contributed by atoms with Crippen LogP contribution in [0, 0.1) is 0 Å². The van der Waals surface area contributed by atoms with Crippen molar-refractivity contribution in [1.82, 2.24) is 0 Å². The third-order valence-electron chi connectivity index (χ3n) is 4.00. The van der Waals surface area contributed by atoms with Gasteiger partial charge in [-0.1, -0.05) is 12.1 Å². The molecule has 25 heavy (non-hydrogen) atoms. The number of nitrogens with one attached hydrogen (secondary N) is 1. The van der Waals surface area contributed by atoms with Crippen LogP contribution in [0.4, 0.5) is 5.69 Å². The smallest absolute Gasteiger partial charge is 0.255 e. The zero-order chi connectivity index (χ0) is 17.6. The van der Waals surface area contributed by atoms with Crippen molar-refractivity contribution in [3.63, 3.8) is 0 Å². The molecule has 2 aromatic carbocycles. The lowest BCUT2D eigenvalue weighted by Gasteiger charge is -2.15. The molecular formula is C19H20BrNO4. The number of hydrogen-bond acceptors (Lipinski definition) is 4. The van der Waals surface area contributed by atoms with Crippen LogP contribution < -0.4 is 14.8 Å². The van der Waals surface area contributed by atoms with Gasteiger partial charge < -0.3 is 19.5 Å². The molecule has 0 spiro atoms. The maximum absolute atomic E-state index is 12.5. The molecule has 1 amide bonds. The molecule has 1 N–H and O–H groups in total. The molecular weight excluding hydrogens is 386 g/mol. The van der Waals surface area contributed by atoms with Crippen LogP contribution in [-0.4, -0.2) is 32.3 Å². The average Bonchev–Trinajstić information content (AvgIpc) is 3.14. The lowest BCUT2D eigenvalue weighted by atomic mass is 10.2. The first-order valence-electron chi connectivity index (χ1n) is 8.15. The lowest BCUT2D eigenvalue weighted by molar-refractivity contribution is 0.0682. The summed E-state index contributed by atoms with van der Waals surface area (Å²) in [6, 6.07) is 12.6. The number of hydrogen-bond donors (Lipinski definition) is 1. The number of para-hydroxylation sites is 2. The first-order chi connectivity index (χ1) is 12.2. The third kappa shape index (κ3) is 4.52. The van der Waals surface area contributed by atoms with Gasteiger partial charge in [0, 0.05) is 12.2 Å². The Bertz CT molecular complexity index is 744. The van der Waals surface area contributed by atoms with Gasteiger partial charge >= 0.3 is 0 Å². The quantitative estimate of drug-likeness (QED) is 0.779. The summed E-state index contributed by atoms with van der Waals surface area (Å²) in [5.74, 6) is 1.10. The number of carbonyl (C=O) groups excluding carboxylic acids is 1. The van der Waals surface area contributed by atoms with Gasteiger partial charge in [-0.25, -0.2) is 0 Å². The first-order valence-corrected chi connectivity index (χ1v) is 8.95. The molecule has 1 heterocycles. The molecule has 2 aromatic rings. The SMILES string of the molecule is COc1ccc(C(=O)Nc2ccccc2OCC2CCCO2)cc1Br. The van der Waals surface area contributed by atoms with Crippen molar-refractivity contribution < 1.29 is 19.0 Å². The van der Waals surface area contributed by atoms with Gasteiger partial charge in [-0.05, 0) is 59.1 Å². The number of carbonyl (C=O) groups is 1. The summed E-state index contributed by atoms with van der Waals surface area (Å²) >= 11 is 3.39. The molecule has 1 saturated heterocycles. The number of halogens is 1. The summed E-state index contributed by atoms with van der Waals surface area (Å²) in [5, 5.41) is 2.90. The zero-order valence-electron chi connectivity index (χ0n) is 14.0. The minimum atomic E-state index is -0.212. The van der Waals surface area contributed by atoms with Gasteiger partial charge in [0.05, 0.1) is 23.4 Å². The van der Waals surface area contributed by atoms with Crippen LogP contribution in [0.1, 0.15) is 23.2 Å². The number of rotatable bonds is 6. The fraction of sp³-hybridized carbons (Fsp3) is 0.316. The third-order valence-corrected chi connectivity index (χ3v) is 4.62. The molecule has 1 unspecified atom stereocenters. The Morgan fingerprint density at radius 1 is 1.28 bits per heavy atom. The van der Waals surface area contributed by atoms with Crippen LogP contribution in [0.2, 0.25) is 0 Å². The molecule has 0 bridgehead atoms. The van der Waals surface area contributed by atoms with E-state index in [1.54, 1.807) is 25.3 Å². The van der Waals surface area contributed by atoms with Crippen LogP contribution >= 0.6 is 15.9 Å². The van der Waals surface area contributed by atoms with Gasteiger partial charge in [0.2, 0.25) is 0 Å². The number of amides is 1. The second kappa shape index (κ2) is 8.36. The van der Waals surface area contributed by atoms with E-state index in [0.717, 1.165) is 23.9 Å². The molecule has 1 fully saturated rings. The van der Waals surface area contributed by atoms with Gasteiger partial charge in [-0.2, -0.15) is 0 Å². The molecule has 0 aliphatic carbocycles. The fourth-order valence-corrected chi connectivity index (χ4v) is 3.20. The number of benzene rings is 2. The zero-order valence-corrected chi connectivity index (χ0v) is 15.5. The molecule has 5 nitrogen and oxygen atoms in total. The van der Waals surface area contributed by atoms with E-state index in [1.807, 2.05) is 24.3 Å². The molecule has 3 rings (SSSR count). The Morgan fingerprint density at radius 3 is 2.84 bits per heavy atom. The highest BCUT2D eigenvalue weighted by molar-refractivity contribution is 9.10. The second-order valence-electron chi connectivity index (χ2n) is 5.75. The molecule has 0 saturated carbocycles. The second-order valence-corrected chi connectivity index (χ2v) is 6.60. The average molecular weight is 406 g/mol. The van der Waals surface area contributed by atoms with Gasteiger partial charge in [-0.3, -0.25) is 4.79 Å². The predicted octanol–water partition coefficient (Wildman–Crippen LogP) is 4.27. The van der Waals surface area contributed by atoms with E-state index >= 15 is 0 Å². The standard InChI is InChI=1S/C19H20BrNO4/c1-23-17-9-8-13(11-15(17)20)19(22)21-16-6-2-3-7-18(16)25-12-14-5-4-10-24-14/h2-3,6-9,11,14H,4-5,10,12H2,1H3,(H,21,22).